The Labute approximate surface area is 77.0 Å². The zero-order valence-electron chi connectivity index (χ0n) is 8.39. The van der Waals surface area contributed by atoms with Crippen LogP contribution in [-0.4, -0.2) is 6.54 Å². The molecule has 0 fully saturated rings. The maximum Gasteiger partial charge on any atom is -0.00489 e. The Balaban J connectivity index is 3.24. The third-order valence-corrected chi connectivity index (χ3v) is 2.30. The summed E-state index contributed by atoms with van der Waals surface area (Å²) in [6.45, 7) is 6.80. The van der Waals surface area contributed by atoms with Crippen molar-refractivity contribution in [2.24, 2.45) is 11.7 Å². The highest BCUT2D eigenvalue weighted by molar-refractivity contribution is 4.67. The molecule has 1 nitrogen and oxygen atoms in total. The smallest absolute Gasteiger partial charge is 0.00489 e. The van der Waals surface area contributed by atoms with E-state index in [4.69, 9.17) is 5.73 Å². The van der Waals surface area contributed by atoms with Gasteiger partial charge < -0.3 is 5.73 Å². The van der Waals surface area contributed by atoms with Crippen LogP contribution in [0.4, 0.5) is 0 Å². The fraction of sp³-hybridized carbons (Fsp3) is 0.818. The third kappa shape index (κ3) is 6.41. The van der Waals surface area contributed by atoms with Gasteiger partial charge in [-0.15, -0.1) is 6.58 Å². The van der Waals surface area contributed by atoms with Crippen molar-refractivity contribution in [3.63, 3.8) is 0 Å². The zero-order valence-corrected chi connectivity index (χ0v) is 8.39. The summed E-state index contributed by atoms with van der Waals surface area (Å²) in [6, 6.07) is 0. The van der Waals surface area contributed by atoms with Crippen LogP contribution >= 0.6 is 0 Å². The molecular weight excluding hydrogens is 146 g/mol. The zero-order chi connectivity index (χ0) is 9.23. The van der Waals surface area contributed by atoms with Crippen LogP contribution in [-0.2, 0) is 0 Å². The molecule has 0 saturated heterocycles. The van der Waals surface area contributed by atoms with E-state index in [0.29, 0.717) is 0 Å². The Kier molecular flexibility index (Phi) is 8.57. The van der Waals surface area contributed by atoms with E-state index in [0.717, 1.165) is 18.9 Å². The second-order valence-corrected chi connectivity index (χ2v) is 3.46. The first-order chi connectivity index (χ1) is 5.85. The highest BCUT2D eigenvalue weighted by atomic mass is 14.5. The molecule has 0 saturated carbocycles. The van der Waals surface area contributed by atoms with Crippen LogP contribution in [0, 0.1) is 5.92 Å². The van der Waals surface area contributed by atoms with Gasteiger partial charge in [0.2, 0.25) is 0 Å². The molecule has 12 heavy (non-hydrogen) atoms. The monoisotopic (exact) mass is 169 g/mol. The van der Waals surface area contributed by atoms with Gasteiger partial charge in [-0.3, -0.25) is 0 Å². The van der Waals surface area contributed by atoms with Crippen LogP contribution in [0.1, 0.15) is 45.4 Å². The lowest BCUT2D eigenvalue weighted by Gasteiger charge is -2.12. The summed E-state index contributed by atoms with van der Waals surface area (Å²) in [5.41, 5.74) is 5.65. The molecule has 0 radical (unpaired) electrons. The van der Waals surface area contributed by atoms with E-state index in [2.05, 4.69) is 13.5 Å². The molecule has 0 heterocycles. The standard InChI is InChI=1S/C11H23N/c1-3-5-6-7-9-11(10-12)8-4-2/h3,11H,1,4-10,12H2,2H3. The quantitative estimate of drug-likeness (QED) is 0.438. The molecule has 1 heteroatoms. The van der Waals surface area contributed by atoms with Crippen molar-refractivity contribution in [1.29, 1.82) is 0 Å². The van der Waals surface area contributed by atoms with Crippen LogP contribution in [0.5, 0.6) is 0 Å². The summed E-state index contributed by atoms with van der Waals surface area (Å²) in [6.07, 6.45) is 9.62. The van der Waals surface area contributed by atoms with Crippen molar-refractivity contribution < 1.29 is 0 Å². The number of unbranched alkanes of at least 4 members (excludes halogenated alkanes) is 2. The molecule has 1 unspecified atom stereocenters. The van der Waals surface area contributed by atoms with Crippen LogP contribution < -0.4 is 5.73 Å². The van der Waals surface area contributed by atoms with Gasteiger partial charge in [0.15, 0.2) is 0 Å². The highest BCUT2D eigenvalue weighted by Gasteiger charge is 2.03. The van der Waals surface area contributed by atoms with Crippen molar-refractivity contribution >= 4 is 0 Å². The van der Waals surface area contributed by atoms with Crippen molar-refractivity contribution in [1.82, 2.24) is 0 Å². The van der Waals surface area contributed by atoms with E-state index >= 15 is 0 Å². The first-order valence-electron chi connectivity index (χ1n) is 5.16. The van der Waals surface area contributed by atoms with Gasteiger partial charge in [-0.1, -0.05) is 25.8 Å². The first-order valence-corrected chi connectivity index (χ1v) is 5.16. The van der Waals surface area contributed by atoms with Crippen LogP contribution in [0.2, 0.25) is 0 Å². The second kappa shape index (κ2) is 8.79. The Morgan fingerprint density at radius 1 is 1.33 bits per heavy atom. The molecule has 0 aliphatic carbocycles. The van der Waals surface area contributed by atoms with E-state index in [-0.39, 0.29) is 0 Å². The van der Waals surface area contributed by atoms with E-state index in [9.17, 15) is 0 Å². The molecule has 0 aliphatic heterocycles. The topological polar surface area (TPSA) is 26.0 Å². The van der Waals surface area contributed by atoms with Gasteiger partial charge in [0.1, 0.15) is 0 Å². The minimum atomic E-state index is 0.764. The molecule has 0 aromatic carbocycles. The van der Waals surface area contributed by atoms with Crippen LogP contribution in [0.25, 0.3) is 0 Å². The number of allylic oxidation sites excluding steroid dienone is 1. The molecule has 1 atom stereocenters. The Morgan fingerprint density at radius 2 is 2.08 bits per heavy atom. The summed E-state index contributed by atoms with van der Waals surface area (Å²) in [7, 11) is 0. The minimum Gasteiger partial charge on any atom is -0.330 e. The van der Waals surface area contributed by atoms with Crippen LogP contribution in [0.3, 0.4) is 0 Å². The van der Waals surface area contributed by atoms with E-state index in [1.807, 2.05) is 6.08 Å². The van der Waals surface area contributed by atoms with Crippen LogP contribution in [0.15, 0.2) is 12.7 Å². The molecule has 0 spiro atoms. The Bertz CT molecular complexity index is 99.2. The Morgan fingerprint density at radius 3 is 2.58 bits per heavy atom. The molecule has 0 aromatic heterocycles. The number of rotatable bonds is 8. The number of hydrogen-bond donors (Lipinski definition) is 1. The predicted molar refractivity (Wildman–Crippen MR) is 56.1 cm³/mol. The fourth-order valence-electron chi connectivity index (χ4n) is 1.51. The van der Waals surface area contributed by atoms with Crippen molar-refractivity contribution in [2.45, 2.75) is 45.4 Å². The molecule has 0 bridgehead atoms. The molecule has 0 aliphatic rings. The Hall–Kier alpha value is -0.300. The lowest BCUT2D eigenvalue weighted by Crippen LogP contribution is -2.13. The molecule has 72 valence electrons. The van der Waals surface area contributed by atoms with E-state index < -0.39 is 0 Å². The summed E-state index contributed by atoms with van der Waals surface area (Å²) in [5.74, 6) is 0.764. The SMILES string of the molecule is C=CCCCCC(CN)CCC. The summed E-state index contributed by atoms with van der Waals surface area (Å²) in [5, 5.41) is 0. The lowest BCUT2D eigenvalue weighted by molar-refractivity contribution is 0.435. The molecule has 0 amide bonds. The maximum absolute atomic E-state index is 5.65. The summed E-state index contributed by atoms with van der Waals surface area (Å²) in [4.78, 5) is 0. The van der Waals surface area contributed by atoms with Gasteiger partial charge in [0, 0.05) is 0 Å². The molecule has 2 N–H and O–H groups in total. The fourth-order valence-corrected chi connectivity index (χ4v) is 1.51. The molecule has 0 rings (SSSR count). The van der Waals surface area contributed by atoms with Gasteiger partial charge >= 0.3 is 0 Å². The van der Waals surface area contributed by atoms with Crippen molar-refractivity contribution in [3.8, 4) is 0 Å². The largest absolute Gasteiger partial charge is 0.330 e. The van der Waals surface area contributed by atoms with Gasteiger partial charge in [0.05, 0.1) is 0 Å². The highest BCUT2D eigenvalue weighted by Crippen LogP contribution is 2.14. The third-order valence-electron chi connectivity index (χ3n) is 2.30. The molecule has 0 aromatic rings. The van der Waals surface area contributed by atoms with Gasteiger partial charge in [0.25, 0.3) is 0 Å². The predicted octanol–water partition coefficient (Wildman–Crippen LogP) is 3.11. The normalized spacial score (nSPS) is 12.8. The minimum absolute atomic E-state index is 0.764. The van der Waals surface area contributed by atoms with Gasteiger partial charge in [-0.05, 0) is 38.1 Å². The van der Waals surface area contributed by atoms with Crippen molar-refractivity contribution in [2.75, 3.05) is 6.54 Å². The number of hydrogen-bond acceptors (Lipinski definition) is 1. The average molecular weight is 169 g/mol. The second-order valence-electron chi connectivity index (χ2n) is 3.46. The van der Waals surface area contributed by atoms with Crippen molar-refractivity contribution in [3.05, 3.63) is 12.7 Å². The van der Waals surface area contributed by atoms with Gasteiger partial charge in [-0.25, -0.2) is 0 Å². The summed E-state index contributed by atoms with van der Waals surface area (Å²) < 4.78 is 0. The average Bonchev–Trinajstić information content (AvgIpc) is 2.10. The van der Waals surface area contributed by atoms with Gasteiger partial charge in [-0.2, -0.15) is 0 Å². The maximum atomic E-state index is 5.65. The first kappa shape index (κ1) is 11.7. The van der Waals surface area contributed by atoms with E-state index in [1.54, 1.807) is 0 Å². The van der Waals surface area contributed by atoms with E-state index in [1.165, 1.54) is 32.1 Å². The lowest BCUT2D eigenvalue weighted by atomic mass is 9.97. The summed E-state index contributed by atoms with van der Waals surface area (Å²) >= 11 is 0. The number of nitrogens with two attached hydrogens (primary N) is 1. The molecular formula is C11H23N.